The van der Waals surface area contributed by atoms with E-state index in [0.717, 1.165) is 0 Å². The van der Waals surface area contributed by atoms with Crippen LogP contribution < -0.4 is 10.6 Å². The number of hydrogen-bond donors (Lipinski definition) is 3. The standard InChI is InChI=1S/C11H12ClFN2O3/c12-7-3-1-4-8(9(7)10(16)17)15-11(18)14-6-2-5-13/h1,3-4H,2,5-6H2,(H,16,17)(H2,14,15,18). The Kier molecular flexibility index (Phi) is 5.38. The predicted octanol–water partition coefficient (Wildman–Crippen LogP) is 2.52. The van der Waals surface area contributed by atoms with Gasteiger partial charge in [0.25, 0.3) is 0 Å². The van der Waals surface area contributed by atoms with Crippen molar-refractivity contribution >= 4 is 29.3 Å². The zero-order valence-electron chi connectivity index (χ0n) is 9.37. The van der Waals surface area contributed by atoms with Crippen molar-refractivity contribution in [2.45, 2.75) is 6.42 Å². The van der Waals surface area contributed by atoms with Crippen LogP contribution in [0.15, 0.2) is 18.2 Å². The zero-order valence-corrected chi connectivity index (χ0v) is 10.1. The van der Waals surface area contributed by atoms with Gasteiger partial charge in [-0.25, -0.2) is 9.59 Å². The summed E-state index contributed by atoms with van der Waals surface area (Å²) >= 11 is 5.73. The van der Waals surface area contributed by atoms with Crippen LogP contribution in [0.5, 0.6) is 0 Å². The Balaban J connectivity index is 2.75. The second-order valence-corrected chi connectivity index (χ2v) is 3.80. The number of rotatable bonds is 5. The molecule has 0 bridgehead atoms. The number of carbonyl (C=O) groups excluding carboxylic acids is 1. The Hall–Kier alpha value is -1.82. The normalized spacial score (nSPS) is 9.89. The maximum atomic E-state index is 11.8. The summed E-state index contributed by atoms with van der Waals surface area (Å²) in [4.78, 5) is 22.4. The van der Waals surface area contributed by atoms with E-state index in [1.807, 2.05) is 0 Å². The number of carboxylic acid groups (broad SMARTS) is 1. The molecule has 2 amide bonds. The van der Waals surface area contributed by atoms with Gasteiger partial charge in [0.2, 0.25) is 0 Å². The summed E-state index contributed by atoms with van der Waals surface area (Å²) in [6.07, 6.45) is 0.203. The quantitative estimate of drug-likeness (QED) is 0.722. The van der Waals surface area contributed by atoms with Crippen LogP contribution in [0.1, 0.15) is 16.8 Å². The maximum Gasteiger partial charge on any atom is 0.339 e. The van der Waals surface area contributed by atoms with Gasteiger partial charge in [0.05, 0.1) is 17.4 Å². The second kappa shape index (κ2) is 6.80. The third-order valence-electron chi connectivity index (χ3n) is 2.07. The Bertz CT molecular complexity index is 454. The molecule has 0 aliphatic rings. The van der Waals surface area contributed by atoms with Crippen LogP contribution in [0.25, 0.3) is 0 Å². The summed E-state index contributed by atoms with van der Waals surface area (Å²) in [5.41, 5.74) is -0.0902. The lowest BCUT2D eigenvalue weighted by atomic mass is 10.2. The number of amides is 2. The van der Waals surface area contributed by atoms with Crippen LogP contribution in [0.2, 0.25) is 5.02 Å². The van der Waals surface area contributed by atoms with E-state index in [1.54, 1.807) is 0 Å². The van der Waals surface area contributed by atoms with E-state index >= 15 is 0 Å². The molecule has 0 radical (unpaired) electrons. The lowest BCUT2D eigenvalue weighted by Gasteiger charge is -2.10. The zero-order chi connectivity index (χ0) is 13.5. The fourth-order valence-corrected chi connectivity index (χ4v) is 1.54. The first-order valence-electron chi connectivity index (χ1n) is 5.19. The van der Waals surface area contributed by atoms with Gasteiger partial charge in [0, 0.05) is 6.54 Å². The van der Waals surface area contributed by atoms with Crippen LogP contribution in [-0.2, 0) is 0 Å². The SMILES string of the molecule is O=C(NCCCF)Nc1cccc(Cl)c1C(=O)O. The van der Waals surface area contributed by atoms with Gasteiger partial charge in [0.1, 0.15) is 5.56 Å². The molecule has 0 saturated carbocycles. The third-order valence-corrected chi connectivity index (χ3v) is 2.39. The van der Waals surface area contributed by atoms with Crippen LogP contribution in [-0.4, -0.2) is 30.3 Å². The average molecular weight is 275 g/mol. The van der Waals surface area contributed by atoms with Crippen molar-refractivity contribution in [1.29, 1.82) is 0 Å². The number of alkyl halides is 1. The van der Waals surface area contributed by atoms with E-state index in [2.05, 4.69) is 10.6 Å². The summed E-state index contributed by atoms with van der Waals surface area (Å²) < 4.78 is 11.8. The van der Waals surface area contributed by atoms with Crippen molar-refractivity contribution in [2.75, 3.05) is 18.5 Å². The van der Waals surface area contributed by atoms with E-state index in [9.17, 15) is 14.0 Å². The summed E-state index contributed by atoms with van der Waals surface area (Å²) in [7, 11) is 0. The molecule has 0 aromatic heterocycles. The van der Waals surface area contributed by atoms with Crippen molar-refractivity contribution in [3.63, 3.8) is 0 Å². The van der Waals surface area contributed by atoms with Gasteiger partial charge in [-0.1, -0.05) is 17.7 Å². The molecule has 0 spiro atoms. The number of hydrogen-bond acceptors (Lipinski definition) is 2. The van der Waals surface area contributed by atoms with Crippen LogP contribution in [0.3, 0.4) is 0 Å². The Morgan fingerprint density at radius 1 is 1.39 bits per heavy atom. The number of carboxylic acids is 1. The molecule has 0 saturated heterocycles. The van der Waals surface area contributed by atoms with Gasteiger partial charge in [-0.15, -0.1) is 0 Å². The van der Waals surface area contributed by atoms with Gasteiger partial charge >= 0.3 is 12.0 Å². The smallest absolute Gasteiger partial charge is 0.339 e. The lowest BCUT2D eigenvalue weighted by Crippen LogP contribution is -2.30. The predicted molar refractivity (Wildman–Crippen MR) is 66.0 cm³/mol. The van der Waals surface area contributed by atoms with Gasteiger partial charge in [-0.3, -0.25) is 4.39 Å². The minimum absolute atomic E-state index is 0.0315. The van der Waals surface area contributed by atoms with E-state index in [4.69, 9.17) is 16.7 Å². The number of nitrogens with one attached hydrogen (secondary N) is 2. The third kappa shape index (κ3) is 3.89. The highest BCUT2D eigenvalue weighted by atomic mass is 35.5. The largest absolute Gasteiger partial charge is 0.478 e. The average Bonchev–Trinajstić information content (AvgIpc) is 2.28. The molecule has 0 heterocycles. The van der Waals surface area contributed by atoms with Crippen molar-refractivity contribution in [3.8, 4) is 0 Å². The maximum absolute atomic E-state index is 11.8. The van der Waals surface area contributed by atoms with Crippen molar-refractivity contribution in [1.82, 2.24) is 5.32 Å². The molecule has 0 aliphatic heterocycles. The highest BCUT2D eigenvalue weighted by Crippen LogP contribution is 2.24. The van der Waals surface area contributed by atoms with Crippen LogP contribution in [0, 0.1) is 0 Å². The van der Waals surface area contributed by atoms with Gasteiger partial charge in [-0.2, -0.15) is 0 Å². The number of anilines is 1. The highest BCUT2D eigenvalue weighted by molar-refractivity contribution is 6.34. The minimum atomic E-state index is -1.24. The second-order valence-electron chi connectivity index (χ2n) is 3.39. The molecule has 7 heteroatoms. The monoisotopic (exact) mass is 274 g/mol. The van der Waals surface area contributed by atoms with Gasteiger partial charge in [0.15, 0.2) is 0 Å². The number of urea groups is 1. The summed E-state index contributed by atoms with van der Waals surface area (Å²) in [5.74, 6) is -1.24. The van der Waals surface area contributed by atoms with E-state index in [1.165, 1.54) is 18.2 Å². The first-order chi connectivity index (χ1) is 8.56. The number of aromatic carboxylic acids is 1. The van der Waals surface area contributed by atoms with Gasteiger partial charge in [-0.05, 0) is 18.6 Å². The Morgan fingerprint density at radius 3 is 2.72 bits per heavy atom. The topological polar surface area (TPSA) is 78.4 Å². The molecule has 5 nitrogen and oxygen atoms in total. The molecule has 3 N–H and O–H groups in total. The van der Waals surface area contributed by atoms with E-state index < -0.39 is 18.7 Å². The molecule has 0 aliphatic carbocycles. The molecular weight excluding hydrogens is 263 g/mol. The fourth-order valence-electron chi connectivity index (χ4n) is 1.28. The molecular formula is C11H12ClFN2O3. The summed E-state index contributed by atoms with van der Waals surface area (Å²) in [5, 5.41) is 13.7. The Labute approximate surface area is 108 Å². The molecule has 1 aromatic carbocycles. The molecule has 0 atom stereocenters. The Morgan fingerprint density at radius 2 is 2.11 bits per heavy atom. The number of halogens is 2. The fraction of sp³-hybridized carbons (Fsp3) is 0.273. The molecule has 1 aromatic rings. The molecule has 98 valence electrons. The van der Waals surface area contributed by atoms with Gasteiger partial charge < -0.3 is 15.7 Å². The summed E-state index contributed by atoms with van der Waals surface area (Å²) in [6.45, 7) is -0.358. The molecule has 0 unspecified atom stereocenters. The number of carbonyl (C=O) groups is 2. The molecule has 0 fully saturated rings. The van der Waals surface area contributed by atoms with Crippen LogP contribution >= 0.6 is 11.6 Å². The highest BCUT2D eigenvalue weighted by Gasteiger charge is 2.15. The van der Waals surface area contributed by atoms with E-state index in [0.29, 0.717) is 0 Å². The van der Waals surface area contributed by atoms with E-state index in [-0.39, 0.29) is 29.2 Å². The van der Waals surface area contributed by atoms with Crippen LogP contribution in [0.4, 0.5) is 14.9 Å². The first-order valence-corrected chi connectivity index (χ1v) is 5.56. The molecule has 1 rings (SSSR count). The van der Waals surface area contributed by atoms with Crippen molar-refractivity contribution < 1.29 is 19.1 Å². The minimum Gasteiger partial charge on any atom is -0.478 e. The summed E-state index contributed by atoms with van der Waals surface area (Å²) in [6, 6.07) is 3.75. The first kappa shape index (κ1) is 14.2. The lowest BCUT2D eigenvalue weighted by molar-refractivity contribution is 0.0698. The van der Waals surface area contributed by atoms with Crippen molar-refractivity contribution in [3.05, 3.63) is 28.8 Å². The van der Waals surface area contributed by atoms with Crippen molar-refractivity contribution in [2.24, 2.45) is 0 Å². The number of benzene rings is 1. The molecule has 18 heavy (non-hydrogen) atoms.